The lowest BCUT2D eigenvalue weighted by molar-refractivity contribution is -0.385. The van der Waals surface area contributed by atoms with E-state index in [1.807, 2.05) is 32.0 Å². The second-order valence-corrected chi connectivity index (χ2v) is 8.47. The van der Waals surface area contributed by atoms with E-state index in [9.17, 15) is 14.9 Å². The SMILES string of the molecule is CCOc1ccc(C(=O)NC(=S)Nc2cccc(-c3nn4c(C)nnc4s3)c2C)cc1[N+](=O)[O-]. The monoisotopic (exact) mass is 497 g/mol. The summed E-state index contributed by atoms with van der Waals surface area (Å²) in [7, 11) is 0. The Balaban J connectivity index is 1.51. The number of ether oxygens (including phenoxy) is 1. The average Bonchev–Trinajstić information content (AvgIpc) is 3.37. The van der Waals surface area contributed by atoms with E-state index < -0.39 is 10.8 Å². The molecule has 2 heterocycles. The maximum atomic E-state index is 12.6. The first-order valence-electron chi connectivity index (χ1n) is 10.1. The first-order chi connectivity index (χ1) is 16.3. The smallest absolute Gasteiger partial charge is 0.311 e. The zero-order chi connectivity index (χ0) is 24.4. The van der Waals surface area contributed by atoms with Crippen LogP contribution in [0.2, 0.25) is 0 Å². The molecule has 4 aromatic rings. The number of thiocarbonyl (C=S) groups is 1. The molecule has 4 rings (SSSR count). The molecule has 34 heavy (non-hydrogen) atoms. The fraction of sp³-hybridized carbons (Fsp3) is 0.190. The molecule has 0 fully saturated rings. The number of carbonyl (C=O) groups is 1. The van der Waals surface area contributed by atoms with Crippen LogP contribution in [0.3, 0.4) is 0 Å². The number of rotatable bonds is 6. The van der Waals surface area contributed by atoms with Crippen LogP contribution in [0.25, 0.3) is 15.5 Å². The van der Waals surface area contributed by atoms with Crippen LogP contribution in [0.15, 0.2) is 36.4 Å². The molecule has 0 saturated carbocycles. The van der Waals surface area contributed by atoms with Gasteiger partial charge in [-0.2, -0.15) is 9.61 Å². The number of amides is 1. The fourth-order valence-corrected chi connectivity index (χ4v) is 4.40. The van der Waals surface area contributed by atoms with E-state index >= 15 is 0 Å². The van der Waals surface area contributed by atoms with Crippen LogP contribution in [-0.4, -0.2) is 42.4 Å². The Morgan fingerprint density at radius 2 is 2.06 bits per heavy atom. The summed E-state index contributed by atoms with van der Waals surface area (Å²) in [5, 5.41) is 30.4. The Kier molecular flexibility index (Phi) is 6.47. The van der Waals surface area contributed by atoms with E-state index in [1.165, 1.54) is 23.5 Å². The zero-order valence-electron chi connectivity index (χ0n) is 18.4. The molecule has 0 unspecified atom stereocenters. The van der Waals surface area contributed by atoms with Gasteiger partial charge in [0, 0.05) is 22.9 Å². The summed E-state index contributed by atoms with van der Waals surface area (Å²) in [6.07, 6.45) is 0. The third-order valence-corrected chi connectivity index (χ3v) is 6.04. The topological polar surface area (TPSA) is 137 Å². The van der Waals surface area contributed by atoms with Gasteiger partial charge in [0.1, 0.15) is 5.01 Å². The van der Waals surface area contributed by atoms with Crippen LogP contribution in [0.4, 0.5) is 11.4 Å². The van der Waals surface area contributed by atoms with Gasteiger partial charge in [-0.15, -0.1) is 10.2 Å². The summed E-state index contributed by atoms with van der Waals surface area (Å²) in [6, 6.07) is 9.59. The molecule has 0 saturated heterocycles. The van der Waals surface area contributed by atoms with E-state index in [-0.39, 0.29) is 28.7 Å². The minimum Gasteiger partial charge on any atom is -0.487 e. The molecule has 2 N–H and O–H groups in total. The van der Waals surface area contributed by atoms with Crippen molar-refractivity contribution in [1.29, 1.82) is 0 Å². The number of aryl methyl sites for hydroxylation is 1. The third kappa shape index (κ3) is 4.56. The number of benzene rings is 2. The highest BCUT2D eigenvalue weighted by Gasteiger charge is 2.20. The normalized spacial score (nSPS) is 10.8. The van der Waals surface area contributed by atoms with Crippen molar-refractivity contribution in [3.05, 3.63) is 63.5 Å². The van der Waals surface area contributed by atoms with Gasteiger partial charge in [0.2, 0.25) is 4.96 Å². The number of fused-ring (bicyclic) bond motifs is 1. The predicted molar refractivity (Wildman–Crippen MR) is 132 cm³/mol. The third-order valence-electron chi connectivity index (χ3n) is 4.90. The Morgan fingerprint density at radius 3 is 2.76 bits per heavy atom. The van der Waals surface area contributed by atoms with Gasteiger partial charge in [-0.3, -0.25) is 20.2 Å². The lowest BCUT2D eigenvalue weighted by atomic mass is 10.1. The Labute approximate surface area is 202 Å². The van der Waals surface area contributed by atoms with E-state index in [4.69, 9.17) is 17.0 Å². The summed E-state index contributed by atoms with van der Waals surface area (Å²) in [5.74, 6) is 0.210. The van der Waals surface area contributed by atoms with Crippen molar-refractivity contribution in [3.63, 3.8) is 0 Å². The number of nitro benzene ring substituents is 1. The minimum absolute atomic E-state index is 0.0516. The van der Waals surface area contributed by atoms with Crippen molar-refractivity contribution < 1.29 is 14.5 Å². The Hall–Kier alpha value is -3.97. The number of nitro groups is 1. The molecule has 2 aromatic carbocycles. The molecule has 11 nitrogen and oxygen atoms in total. The Bertz CT molecular complexity index is 1430. The first-order valence-corrected chi connectivity index (χ1v) is 11.3. The highest BCUT2D eigenvalue weighted by molar-refractivity contribution is 7.80. The second-order valence-electron chi connectivity index (χ2n) is 7.11. The molecule has 2 aromatic heterocycles. The van der Waals surface area contributed by atoms with E-state index in [0.717, 1.165) is 22.2 Å². The van der Waals surface area contributed by atoms with Crippen molar-refractivity contribution in [3.8, 4) is 16.3 Å². The van der Waals surface area contributed by atoms with Gasteiger partial charge in [0.25, 0.3) is 5.91 Å². The molecule has 0 radical (unpaired) electrons. The summed E-state index contributed by atoms with van der Waals surface area (Å²) in [5.41, 5.74) is 2.23. The summed E-state index contributed by atoms with van der Waals surface area (Å²) in [6.45, 7) is 5.72. The predicted octanol–water partition coefficient (Wildman–Crippen LogP) is 3.90. The molecule has 0 aliphatic rings. The van der Waals surface area contributed by atoms with E-state index in [0.29, 0.717) is 16.5 Å². The minimum atomic E-state index is -0.597. The molecule has 0 aliphatic carbocycles. The summed E-state index contributed by atoms with van der Waals surface area (Å²) < 4.78 is 6.93. The van der Waals surface area contributed by atoms with Crippen LogP contribution in [0.5, 0.6) is 5.75 Å². The molecule has 0 bridgehead atoms. The van der Waals surface area contributed by atoms with Crippen LogP contribution in [0.1, 0.15) is 28.7 Å². The zero-order valence-corrected chi connectivity index (χ0v) is 20.0. The average molecular weight is 498 g/mol. The molecule has 1 amide bonds. The fourth-order valence-electron chi connectivity index (χ4n) is 3.23. The molecule has 0 spiro atoms. The number of anilines is 1. The molecule has 13 heteroatoms. The van der Waals surface area contributed by atoms with Gasteiger partial charge in [-0.05, 0) is 56.8 Å². The number of nitrogens with one attached hydrogen (secondary N) is 2. The van der Waals surface area contributed by atoms with Crippen molar-refractivity contribution in [2.45, 2.75) is 20.8 Å². The van der Waals surface area contributed by atoms with Crippen molar-refractivity contribution >= 4 is 50.9 Å². The van der Waals surface area contributed by atoms with Gasteiger partial charge < -0.3 is 10.1 Å². The van der Waals surface area contributed by atoms with Crippen molar-refractivity contribution in [2.75, 3.05) is 11.9 Å². The number of hydrogen-bond acceptors (Lipinski definition) is 9. The number of carbonyl (C=O) groups excluding carboxylic acids is 1. The van der Waals surface area contributed by atoms with Crippen molar-refractivity contribution in [2.24, 2.45) is 0 Å². The van der Waals surface area contributed by atoms with Gasteiger partial charge in [0.15, 0.2) is 16.7 Å². The van der Waals surface area contributed by atoms with Crippen LogP contribution in [-0.2, 0) is 0 Å². The lowest BCUT2D eigenvalue weighted by Crippen LogP contribution is -2.34. The molecule has 174 valence electrons. The maximum absolute atomic E-state index is 12.6. The van der Waals surface area contributed by atoms with Crippen LogP contribution >= 0.6 is 23.6 Å². The van der Waals surface area contributed by atoms with Gasteiger partial charge in [0.05, 0.1) is 11.5 Å². The second kappa shape index (κ2) is 9.49. The quantitative estimate of drug-likeness (QED) is 0.231. The van der Waals surface area contributed by atoms with Crippen LogP contribution < -0.4 is 15.4 Å². The van der Waals surface area contributed by atoms with Crippen molar-refractivity contribution in [1.82, 2.24) is 25.1 Å². The number of aromatic nitrogens is 4. The number of hydrogen-bond donors (Lipinski definition) is 2. The standard InChI is InChI=1S/C21H19N7O4S2/c1-4-32-17-9-8-13(10-16(17)28(30)31)18(29)23-20(33)22-15-7-5-6-14(11(15)2)19-26-27-12(3)24-25-21(27)34-19/h5-10H,4H2,1-3H3,(H2,22,23,29,33). The van der Waals surface area contributed by atoms with E-state index in [1.54, 1.807) is 11.4 Å². The van der Waals surface area contributed by atoms with Crippen LogP contribution in [0, 0.1) is 24.0 Å². The summed E-state index contributed by atoms with van der Waals surface area (Å²) in [4.78, 5) is 24.1. The largest absolute Gasteiger partial charge is 0.487 e. The van der Waals surface area contributed by atoms with Gasteiger partial charge >= 0.3 is 5.69 Å². The molecule has 0 atom stereocenters. The molecular formula is C21H19N7O4S2. The highest BCUT2D eigenvalue weighted by atomic mass is 32.1. The lowest BCUT2D eigenvalue weighted by Gasteiger charge is -2.14. The highest BCUT2D eigenvalue weighted by Crippen LogP contribution is 2.32. The first kappa shape index (κ1) is 23.2. The molecular weight excluding hydrogens is 478 g/mol. The summed E-state index contributed by atoms with van der Waals surface area (Å²) >= 11 is 6.71. The Morgan fingerprint density at radius 1 is 1.26 bits per heavy atom. The van der Waals surface area contributed by atoms with E-state index in [2.05, 4.69) is 25.9 Å². The maximum Gasteiger partial charge on any atom is 0.311 e. The molecule has 0 aliphatic heterocycles. The van der Waals surface area contributed by atoms with Gasteiger partial charge in [-0.25, -0.2) is 0 Å². The van der Waals surface area contributed by atoms with Gasteiger partial charge in [-0.1, -0.05) is 23.5 Å². The number of nitrogens with zero attached hydrogens (tertiary/aromatic N) is 5.